The Labute approximate surface area is 256 Å². The molecule has 43 heavy (non-hydrogen) atoms. The van der Waals surface area contributed by atoms with Crippen LogP contribution in [0.3, 0.4) is 0 Å². The summed E-state index contributed by atoms with van der Waals surface area (Å²) in [6.07, 6.45) is 9.66. The number of carbonyl (C=O) groups excluding carboxylic acids is 1. The minimum Gasteiger partial charge on any atom is -0.444 e. The number of carbonyl (C=O) groups is 1. The van der Waals surface area contributed by atoms with E-state index in [1.54, 1.807) is 46.5 Å². The van der Waals surface area contributed by atoms with Crippen molar-refractivity contribution in [2.45, 2.75) is 91.2 Å². The molecule has 0 atom stereocenters. The first-order valence-corrected chi connectivity index (χ1v) is 21.9. The Morgan fingerprint density at radius 2 is 1.28 bits per heavy atom. The van der Waals surface area contributed by atoms with E-state index >= 15 is 0 Å². The number of anilines is 2. The van der Waals surface area contributed by atoms with Crippen LogP contribution in [0.5, 0.6) is 0 Å². The maximum absolute atomic E-state index is 12.1. The number of hydrogen-bond acceptors (Lipinski definition) is 9. The highest BCUT2D eigenvalue weighted by Crippen LogP contribution is 2.23. The second kappa shape index (κ2) is 14.4. The van der Waals surface area contributed by atoms with E-state index in [1.165, 1.54) is 0 Å². The number of hydrogen-bond donors (Lipinski definition) is 2. The zero-order valence-corrected chi connectivity index (χ0v) is 29.1. The van der Waals surface area contributed by atoms with Crippen LogP contribution in [0.4, 0.5) is 16.2 Å². The van der Waals surface area contributed by atoms with Crippen molar-refractivity contribution in [3.05, 3.63) is 37.2 Å². The predicted molar refractivity (Wildman–Crippen MR) is 178 cm³/mol. The molecule has 4 aromatic heterocycles. The molecule has 3 N–H and O–H groups in total. The molecule has 4 aromatic rings. The fourth-order valence-electron chi connectivity index (χ4n) is 3.87. The molecule has 0 aromatic carbocycles. The molecule has 0 unspecified atom stereocenters. The van der Waals surface area contributed by atoms with Crippen molar-refractivity contribution in [3.8, 4) is 0 Å². The summed E-state index contributed by atoms with van der Waals surface area (Å²) in [7, 11) is -2.16. The maximum Gasteiger partial charge on any atom is 0.412 e. The first kappa shape index (κ1) is 34.2. The lowest BCUT2D eigenvalue weighted by molar-refractivity contribution is 0.0635. The monoisotopic (exact) mass is 628 g/mol. The highest BCUT2D eigenvalue weighted by atomic mass is 28.3. The summed E-state index contributed by atoms with van der Waals surface area (Å²) in [6, 6.07) is 2.25. The standard InChI is InChI=1S/C17H28N4O3Si.C12H20N4OSi/c1-17(2,3)24-16(22)20-14-11-18-9-13-10-19-21(15(13)14)12-23-7-8-25(4,5)6;1-18(2,3)5-4-17-9-16-12-10(7-15-16)6-14-8-11(12)13/h9-11H,7-8,12H2,1-6H3,(H,20,22);6-8H,4-5,9,13H2,1-3H3. The second-order valence-corrected chi connectivity index (χ2v) is 25.1. The van der Waals surface area contributed by atoms with Crippen LogP contribution in [-0.2, 0) is 27.7 Å². The molecular formula is C29H48N8O4Si2. The van der Waals surface area contributed by atoms with Crippen molar-refractivity contribution in [1.82, 2.24) is 29.5 Å². The van der Waals surface area contributed by atoms with Crippen LogP contribution >= 0.6 is 0 Å². The summed E-state index contributed by atoms with van der Waals surface area (Å²) in [5.41, 5.74) is 8.20. The zero-order valence-electron chi connectivity index (χ0n) is 27.1. The Kier molecular flexibility index (Phi) is 11.5. The lowest BCUT2D eigenvalue weighted by atomic mass is 10.2. The van der Waals surface area contributed by atoms with E-state index in [9.17, 15) is 4.79 Å². The minimum atomic E-state index is -1.13. The summed E-state index contributed by atoms with van der Waals surface area (Å²) >= 11 is 0. The third-order valence-corrected chi connectivity index (χ3v) is 9.57. The number of nitrogens with zero attached hydrogens (tertiary/aromatic N) is 6. The summed E-state index contributed by atoms with van der Waals surface area (Å²) in [5.74, 6) is 0. The average molecular weight is 629 g/mol. The maximum atomic E-state index is 12.1. The number of nitrogens with one attached hydrogen (secondary N) is 1. The first-order valence-electron chi connectivity index (χ1n) is 14.5. The summed E-state index contributed by atoms with van der Waals surface area (Å²) in [5, 5.41) is 13.1. The molecule has 0 bridgehead atoms. The van der Waals surface area contributed by atoms with Crippen LogP contribution < -0.4 is 11.1 Å². The Morgan fingerprint density at radius 1 is 0.791 bits per heavy atom. The van der Waals surface area contributed by atoms with Gasteiger partial charge in [0.1, 0.15) is 19.1 Å². The Morgan fingerprint density at radius 3 is 1.79 bits per heavy atom. The predicted octanol–water partition coefficient (Wildman–Crippen LogP) is 6.42. The molecule has 0 aliphatic rings. The lowest BCUT2D eigenvalue weighted by Crippen LogP contribution is -2.27. The molecule has 1 amide bonds. The Hall–Kier alpha value is -3.34. The summed E-state index contributed by atoms with van der Waals surface area (Å²) < 4.78 is 20.3. The van der Waals surface area contributed by atoms with Gasteiger partial charge in [0.2, 0.25) is 0 Å². The quantitative estimate of drug-likeness (QED) is 0.142. The number of nitrogens with two attached hydrogens (primary N) is 1. The highest BCUT2D eigenvalue weighted by Gasteiger charge is 2.19. The summed E-state index contributed by atoms with van der Waals surface area (Å²) in [4.78, 5) is 20.2. The molecule has 4 heterocycles. The van der Waals surface area contributed by atoms with Gasteiger partial charge in [0.25, 0.3) is 0 Å². The van der Waals surface area contributed by atoms with Gasteiger partial charge in [-0.25, -0.2) is 14.2 Å². The zero-order chi connectivity index (χ0) is 31.8. The number of pyridine rings is 2. The van der Waals surface area contributed by atoms with Crippen LogP contribution in [0.15, 0.2) is 37.2 Å². The molecule has 0 fully saturated rings. The second-order valence-electron chi connectivity index (χ2n) is 13.9. The van der Waals surface area contributed by atoms with Gasteiger partial charge in [-0.3, -0.25) is 15.3 Å². The van der Waals surface area contributed by atoms with E-state index in [-0.39, 0.29) is 0 Å². The van der Waals surface area contributed by atoms with Gasteiger partial charge in [0.05, 0.1) is 47.2 Å². The fraction of sp³-hybridized carbons (Fsp3) is 0.552. The number of nitrogen functional groups attached to an aromatic ring is 1. The van der Waals surface area contributed by atoms with Gasteiger partial charge in [-0.2, -0.15) is 10.2 Å². The van der Waals surface area contributed by atoms with Crippen molar-refractivity contribution >= 4 is 55.4 Å². The van der Waals surface area contributed by atoms with E-state index < -0.39 is 27.8 Å². The van der Waals surface area contributed by atoms with E-state index in [4.69, 9.17) is 19.9 Å². The van der Waals surface area contributed by atoms with Crippen molar-refractivity contribution in [3.63, 3.8) is 0 Å². The molecule has 0 radical (unpaired) electrons. The van der Waals surface area contributed by atoms with Crippen LogP contribution in [0.1, 0.15) is 20.8 Å². The molecule has 14 heteroatoms. The molecule has 236 valence electrons. The number of ether oxygens (including phenoxy) is 3. The van der Waals surface area contributed by atoms with E-state index in [1.807, 2.05) is 20.8 Å². The molecule has 0 aliphatic heterocycles. The number of amides is 1. The van der Waals surface area contributed by atoms with Crippen molar-refractivity contribution in [2.75, 3.05) is 24.3 Å². The van der Waals surface area contributed by atoms with Crippen molar-refractivity contribution < 1.29 is 19.0 Å². The van der Waals surface area contributed by atoms with Gasteiger partial charge in [-0.1, -0.05) is 39.3 Å². The average Bonchev–Trinajstić information content (AvgIpc) is 3.48. The van der Waals surface area contributed by atoms with Crippen molar-refractivity contribution in [2.24, 2.45) is 0 Å². The van der Waals surface area contributed by atoms with E-state index in [0.717, 1.165) is 40.5 Å². The van der Waals surface area contributed by atoms with E-state index in [0.29, 0.717) is 31.4 Å². The molecule has 0 saturated carbocycles. The van der Waals surface area contributed by atoms with E-state index in [2.05, 4.69) is 64.8 Å². The third-order valence-electron chi connectivity index (χ3n) is 6.16. The fourth-order valence-corrected chi connectivity index (χ4v) is 5.38. The van der Waals surface area contributed by atoms with Gasteiger partial charge >= 0.3 is 6.09 Å². The molecule has 0 spiro atoms. The van der Waals surface area contributed by atoms with Crippen molar-refractivity contribution in [1.29, 1.82) is 0 Å². The SMILES string of the molecule is CC(C)(C)OC(=O)Nc1cncc2cnn(COCC[Si](C)(C)C)c12.C[Si](C)(C)CCOCn1ncc2cncc(N)c21. The number of fused-ring (bicyclic) bond motifs is 2. The molecule has 0 saturated heterocycles. The lowest BCUT2D eigenvalue weighted by Gasteiger charge is -2.20. The minimum absolute atomic E-state index is 0.334. The number of rotatable bonds is 11. The van der Waals surface area contributed by atoms with Gasteiger partial charge in [-0.15, -0.1) is 0 Å². The van der Waals surface area contributed by atoms with Crippen LogP contribution in [0, 0.1) is 0 Å². The van der Waals surface area contributed by atoms with Crippen LogP contribution in [-0.4, -0.2) is 70.6 Å². The molecular weight excluding hydrogens is 581 g/mol. The molecule has 4 rings (SSSR count). The summed E-state index contributed by atoms with van der Waals surface area (Å²) in [6.45, 7) is 21.7. The van der Waals surface area contributed by atoms with Gasteiger partial charge < -0.3 is 19.9 Å². The highest BCUT2D eigenvalue weighted by molar-refractivity contribution is 6.76. The molecule has 12 nitrogen and oxygen atoms in total. The smallest absolute Gasteiger partial charge is 0.412 e. The third kappa shape index (κ3) is 11.4. The Bertz CT molecular complexity index is 1490. The van der Waals surface area contributed by atoms with Gasteiger partial charge in [-0.05, 0) is 32.9 Å². The topological polar surface area (TPSA) is 144 Å². The van der Waals surface area contributed by atoms with Crippen LogP contribution in [0.25, 0.3) is 21.8 Å². The van der Waals surface area contributed by atoms with Crippen LogP contribution in [0.2, 0.25) is 51.4 Å². The molecule has 0 aliphatic carbocycles. The Balaban J connectivity index is 0.000000248. The van der Waals surface area contributed by atoms with Gasteiger partial charge in [0.15, 0.2) is 0 Å². The van der Waals surface area contributed by atoms with Gasteiger partial charge in [0, 0.05) is 52.5 Å². The normalized spacial score (nSPS) is 12.3. The largest absolute Gasteiger partial charge is 0.444 e. The number of aromatic nitrogens is 6. The first-order chi connectivity index (χ1) is 20.0.